The molecule has 0 bridgehead atoms. The molecule has 2 heterocycles. The molecule has 1 aromatic carbocycles. The smallest absolute Gasteiger partial charge is 0.0586 e. The molecule has 92 valence electrons. The molecule has 1 aromatic rings. The maximum Gasteiger partial charge on any atom is 0.0586 e. The summed E-state index contributed by atoms with van der Waals surface area (Å²) in [5, 5.41) is 7.20. The average Bonchev–Trinajstić information content (AvgIpc) is 2.52. The Hall–Kier alpha value is -0.490. The Kier molecular flexibility index (Phi) is 3.17. The van der Waals surface area contributed by atoms with Gasteiger partial charge in [0.2, 0.25) is 0 Å². The van der Waals surface area contributed by atoms with Gasteiger partial charge in [-0.25, -0.2) is 0 Å². The summed E-state index contributed by atoms with van der Waals surface area (Å²) in [4.78, 5) is 0. The predicted octanol–water partition coefficient (Wildman–Crippen LogP) is 2.93. The largest absolute Gasteiger partial charge is 0.383 e. The van der Waals surface area contributed by atoms with Crippen molar-refractivity contribution in [1.29, 1.82) is 0 Å². The van der Waals surface area contributed by atoms with E-state index < -0.39 is 0 Å². The second-order valence-corrected chi connectivity index (χ2v) is 6.26. The van der Waals surface area contributed by atoms with Crippen LogP contribution in [0.25, 0.3) is 0 Å². The first kappa shape index (κ1) is 11.6. The minimum absolute atomic E-state index is 0.364. The van der Waals surface area contributed by atoms with Gasteiger partial charge < -0.3 is 15.4 Å². The third-order valence-electron chi connectivity index (χ3n) is 3.84. The third kappa shape index (κ3) is 2.38. The molecule has 3 rings (SSSR count). The van der Waals surface area contributed by atoms with Crippen molar-refractivity contribution in [2.75, 3.05) is 36.9 Å². The first-order valence-electron chi connectivity index (χ1n) is 6.13. The highest BCUT2D eigenvalue weighted by Gasteiger charge is 2.34. The number of rotatable bonds is 0. The van der Waals surface area contributed by atoms with Crippen LogP contribution in [0.5, 0.6) is 0 Å². The Bertz CT molecular complexity index is 416. The highest BCUT2D eigenvalue weighted by molar-refractivity contribution is 14.1. The van der Waals surface area contributed by atoms with Crippen LogP contribution in [-0.2, 0) is 4.74 Å². The van der Waals surface area contributed by atoms with Gasteiger partial charge in [-0.3, -0.25) is 0 Å². The predicted molar refractivity (Wildman–Crippen MR) is 78.6 cm³/mol. The van der Waals surface area contributed by atoms with Gasteiger partial charge in [-0.2, -0.15) is 0 Å². The van der Waals surface area contributed by atoms with E-state index in [1.807, 2.05) is 0 Å². The number of benzene rings is 1. The van der Waals surface area contributed by atoms with Gasteiger partial charge in [-0.15, -0.1) is 0 Å². The van der Waals surface area contributed by atoms with Gasteiger partial charge in [-0.1, -0.05) is 0 Å². The van der Waals surface area contributed by atoms with E-state index in [0.717, 1.165) is 39.1 Å². The monoisotopic (exact) mass is 344 g/mol. The Labute approximate surface area is 115 Å². The van der Waals surface area contributed by atoms with Gasteiger partial charge in [0.25, 0.3) is 0 Å². The lowest BCUT2D eigenvalue weighted by Crippen LogP contribution is -2.40. The molecule has 1 saturated heterocycles. The quantitative estimate of drug-likeness (QED) is 0.710. The van der Waals surface area contributed by atoms with Crippen LogP contribution in [0.15, 0.2) is 18.2 Å². The zero-order chi connectivity index (χ0) is 11.7. The van der Waals surface area contributed by atoms with E-state index in [-0.39, 0.29) is 0 Å². The summed E-state index contributed by atoms with van der Waals surface area (Å²) in [6.45, 7) is 3.90. The fourth-order valence-corrected chi connectivity index (χ4v) is 3.09. The fraction of sp³-hybridized carbons (Fsp3) is 0.538. The van der Waals surface area contributed by atoms with Crippen molar-refractivity contribution >= 4 is 34.0 Å². The summed E-state index contributed by atoms with van der Waals surface area (Å²) in [5.74, 6) is 0. The van der Waals surface area contributed by atoms with Crippen molar-refractivity contribution in [3.05, 3.63) is 21.8 Å². The summed E-state index contributed by atoms with van der Waals surface area (Å²) >= 11 is 2.36. The number of hydrogen-bond acceptors (Lipinski definition) is 3. The molecular formula is C13H17IN2O. The first-order chi connectivity index (χ1) is 8.27. The number of fused-ring (bicyclic) bond motifs is 1. The van der Waals surface area contributed by atoms with Crippen LogP contribution in [0, 0.1) is 8.99 Å². The number of halogens is 1. The van der Waals surface area contributed by atoms with Crippen LogP contribution in [0.2, 0.25) is 0 Å². The van der Waals surface area contributed by atoms with Gasteiger partial charge in [0.1, 0.15) is 0 Å². The zero-order valence-electron chi connectivity index (χ0n) is 9.76. The second-order valence-electron chi connectivity index (χ2n) is 5.01. The highest BCUT2D eigenvalue weighted by Crippen LogP contribution is 2.36. The van der Waals surface area contributed by atoms with E-state index in [2.05, 4.69) is 51.4 Å². The minimum atomic E-state index is 0.364. The number of nitrogens with one attached hydrogen (secondary N) is 2. The molecule has 0 saturated carbocycles. The Morgan fingerprint density at radius 1 is 1.06 bits per heavy atom. The van der Waals surface area contributed by atoms with Crippen LogP contribution in [-0.4, -0.2) is 26.3 Å². The highest BCUT2D eigenvalue weighted by atomic mass is 127. The molecule has 3 nitrogen and oxygen atoms in total. The average molecular weight is 344 g/mol. The number of hydrogen-bond donors (Lipinski definition) is 2. The fourth-order valence-electron chi connectivity index (χ4n) is 2.60. The van der Waals surface area contributed by atoms with Crippen LogP contribution in [0.1, 0.15) is 12.8 Å². The zero-order valence-corrected chi connectivity index (χ0v) is 11.9. The molecule has 4 heteroatoms. The third-order valence-corrected chi connectivity index (χ3v) is 4.51. The summed E-state index contributed by atoms with van der Waals surface area (Å²) in [5.41, 5.74) is 2.83. The molecule has 1 spiro atoms. The maximum atomic E-state index is 5.48. The maximum absolute atomic E-state index is 5.48. The molecular weight excluding hydrogens is 327 g/mol. The SMILES string of the molecule is Ic1ccc2c(c1)NCC1(CCOCC1)CN2. The van der Waals surface area contributed by atoms with Crippen LogP contribution >= 0.6 is 22.6 Å². The number of ether oxygens (including phenoxy) is 1. The molecule has 2 aliphatic heterocycles. The van der Waals surface area contributed by atoms with Gasteiger partial charge in [-0.05, 0) is 53.6 Å². The van der Waals surface area contributed by atoms with E-state index in [1.54, 1.807) is 0 Å². The van der Waals surface area contributed by atoms with Crippen LogP contribution in [0.4, 0.5) is 11.4 Å². The van der Waals surface area contributed by atoms with Gasteiger partial charge in [0.05, 0.1) is 11.4 Å². The van der Waals surface area contributed by atoms with E-state index in [9.17, 15) is 0 Å². The molecule has 0 aromatic heterocycles. The van der Waals surface area contributed by atoms with Crippen LogP contribution < -0.4 is 10.6 Å². The van der Waals surface area contributed by atoms with Gasteiger partial charge in [0.15, 0.2) is 0 Å². The summed E-state index contributed by atoms with van der Waals surface area (Å²) < 4.78 is 6.75. The minimum Gasteiger partial charge on any atom is -0.383 e. The van der Waals surface area contributed by atoms with Gasteiger partial charge >= 0.3 is 0 Å². The molecule has 2 aliphatic rings. The molecule has 0 atom stereocenters. The molecule has 0 aliphatic carbocycles. The first-order valence-corrected chi connectivity index (χ1v) is 7.20. The lowest BCUT2D eigenvalue weighted by atomic mass is 9.80. The van der Waals surface area contributed by atoms with Crippen molar-refractivity contribution in [1.82, 2.24) is 0 Å². The van der Waals surface area contributed by atoms with Crippen molar-refractivity contribution in [2.45, 2.75) is 12.8 Å². The second kappa shape index (κ2) is 4.65. The topological polar surface area (TPSA) is 33.3 Å². The standard InChI is InChI=1S/C13H17IN2O/c14-10-1-2-11-12(7-10)16-9-13(8-15-11)3-5-17-6-4-13/h1-2,7,15-16H,3-6,8-9H2. The van der Waals surface area contributed by atoms with E-state index in [1.165, 1.54) is 14.9 Å². The molecule has 1 fully saturated rings. The Morgan fingerprint density at radius 3 is 2.53 bits per heavy atom. The molecule has 2 N–H and O–H groups in total. The normalized spacial score (nSPS) is 22.2. The lowest BCUT2D eigenvalue weighted by Gasteiger charge is -2.36. The molecule has 17 heavy (non-hydrogen) atoms. The van der Waals surface area contributed by atoms with Gasteiger partial charge in [0, 0.05) is 35.3 Å². The van der Waals surface area contributed by atoms with Crippen molar-refractivity contribution in [3.63, 3.8) is 0 Å². The van der Waals surface area contributed by atoms with E-state index in [0.29, 0.717) is 5.41 Å². The summed E-state index contributed by atoms with van der Waals surface area (Å²) in [6, 6.07) is 6.53. The van der Waals surface area contributed by atoms with Crippen molar-refractivity contribution < 1.29 is 4.74 Å². The molecule has 0 radical (unpaired) electrons. The van der Waals surface area contributed by atoms with Crippen molar-refractivity contribution in [2.24, 2.45) is 5.41 Å². The Morgan fingerprint density at radius 2 is 1.76 bits per heavy atom. The van der Waals surface area contributed by atoms with Crippen LogP contribution in [0.3, 0.4) is 0 Å². The molecule has 0 amide bonds. The molecule has 0 unspecified atom stereocenters. The van der Waals surface area contributed by atoms with E-state index >= 15 is 0 Å². The Balaban J connectivity index is 1.82. The lowest BCUT2D eigenvalue weighted by molar-refractivity contribution is 0.0276. The summed E-state index contributed by atoms with van der Waals surface area (Å²) in [6.07, 6.45) is 2.30. The number of anilines is 2. The summed E-state index contributed by atoms with van der Waals surface area (Å²) in [7, 11) is 0. The van der Waals surface area contributed by atoms with E-state index in [4.69, 9.17) is 4.74 Å². The van der Waals surface area contributed by atoms with Crippen molar-refractivity contribution in [3.8, 4) is 0 Å².